The van der Waals surface area contributed by atoms with Crippen molar-refractivity contribution >= 4 is 0 Å². The molecule has 0 rings (SSSR count). The summed E-state index contributed by atoms with van der Waals surface area (Å²) in [4.78, 5) is 0. The van der Waals surface area contributed by atoms with Gasteiger partial charge in [0.05, 0.1) is 0 Å². The fourth-order valence-corrected chi connectivity index (χ4v) is 1.27. The van der Waals surface area contributed by atoms with Crippen LogP contribution < -0.4 is 5.73 Å². The highest BCUT2D eigenvalue weighted by Gasteiger charge is 2.24. The molecule has 0 saturated heterocycles. The van der Waals surface area contributed by atoms with Crippen LogP contribution in [0, 0.1) is 5.92 Å². The molecule has 0 aromatic heterocycles. The van der Waals surface area contributed by atoms with E-state index in [0.717, 1.165) is 12.8 Å². The predicted molar refractivity (Wildman–Crippen MR) is 60.6 cm³/mol. The van der Waals surface area contributed by atoms with Crippen LogP contribution in [-0.4, -0.2) is 5.54 Å². The Labute approximate surface area is 82.7 Å². The molecule has 0 aromatic carbocycles. The van der Waals surface area contributed by atoms with E-state index in [1.165, 1.54) is 0 Å². The number of hydrogen-bond acceptors (Lipinski definition) is 1. The maximum absolute atomic E-state index is 6.25. The monoisotopic (exact) mass is 181 g/mol. The third kappa shape index (κ3) is 4.28. The van der Waals surface area contributed by atoms with E-state index >= 15 is 0 Å². The van der Waals surface area contributed by atoms with Crippen molar-refractivity contribution in [2.75, 3.05) is 0 Å². The molecule has 0 aliphatic heterocycles. The quantitative estimate of drug-likeness (QED) is 0.647. The van der Waals surface area contributed by atoms with Crippen molar-refractivity contribution in [3.8, 4) is 0 Å². The molecule has 76 valence electrons. The van der Waals surface area contributed by atoms with Crippen molar-refractivity contribution in [2.45, 2.75) is 46.1 Å². The van der Waals surface area contributed by atoms with Crippen LogP contribution in [0.2, 0.25) is 0 Å². The number of rotatable bonds is 5. The lowest BCUT2D eigenvalue weighted by atomic mass is 9.82. The number of hydrogen-bond donors (Lipinski definition) is 1. The zero-order valence-corrected chi connectivity index (χ0v) is 9.38. The zero-order chi connectivity index (χ0) is 10.3. The molecule has 1 atom stereocenters. The minimum atomic E-state index is -0.0297. The van der Waals surface area contributed by atoms with Gasteiger partial charge in [0.1, 0.15) is 0 Å². The van der Waals surface area contributed by atoms with E-state index in [9.17, 15) is 0 Å². The lowest BCUT2D eigenvalue weighted by Gasteiger charge is -2.31. The fraction of sp³-hybridized carbons (Fsp3) is 0.667. The molecule has 0 heterocycles. The molecule has 0 aromatic rings. The molecule has 0 bridgehead atoms. The van der Waals surface area contributed by atoms with Gasteiger partial charge in [-0.2, -0.15) is 0 Å². The Bertz CT molecular complexity index is 180. The van der Waals surface area contributed by atoms with Crippen LogP contribution in [0.15, 0.2) is 24.3 Å². The van der Waals surface area contributed by atoms with E-state index in [0.29, 0.717) is 5.92 Å². The lowest BCUT2D eigenvalue weighted by molar-refractivity contribution is 0.301. The first-order valence-corrected chi connectivity index (χ1v) is 5.13. The molecule has 0 fully saturated rings. The fourth-order valence-electron chi connectivity index (χ4n) is 1.27. The summed E-state index contributed by atoms with van der Waals surface area (Å²) in [6, 6.07) is 0. The molecule has 2 N–H and O–H groups in total. The Hall–Kier alpha value is -0.560. The van der Waals surface area contributed by atoms with Gasteiger partial charge in [-0.15, -0.1) is 0 Å². The maximum Gasteiger partial charge on any atom is 0.0209 e. The van der Waals surface area contributed by atoms with Crippen molar-refractivity contribution in [1.82, 2.24) is 0 Å². The molecule has 0 amide bonds. The highest BCUT2D eigenvalue weighted by atomic mass is 14.7. The van der Waals surface area contributed by atoms with Gasteiger partial charge in [-0.05, 0) is 25.7 Å². The topological polar surface area (TPSA) is 26.0 Å². The van der Waals surface area contributed by atoms with Crippen molar-refractivity contribution in [1.29, 1.82) is 0 Å². The SMILES string of the molecule is CC=C/C=C/CC(N)(CC)C(C)C. The average molecular weight is 181 g/mol. The zero-order valence-electron chi connectivity index (χ0n) is 9.38. The van der Waals surface area contributed by atoms with Gasteiger partial charge in [0.2, 0.25) is 0 Å². The summed E-state index contributed by atoms with van der Waals surface area (Å²) >= 11 is 0. The summed E-state index contributed by atoms with van der Waals surface area (Å²) in [6.45, 7) is 8.55. The van der Waals surface area contributed by atoms with Gasteiger partial charge in [0.25, 0.3) is 0 Å². The standard InChI is InChI=1S/C12H23N/c1-5-7-8-9-10-12(13,6-2)11(3)4/h5,7-9,11H,6,10,13H2,1-4H3/b7-5?,9-8+. The van der Waals surface area contributed by atoms with E-state index < -0.39 is 0 Å². The molecular formula is C12H23N. The van der Waals surface area contributed by atoms with Gasteiger partial charge in [0.15, 0.2) is 0 Å². The van der Waals surface area contributed by atoms with E-state index in [2.05, 4.69) is 32.9 Å². The van der Waals surface area contributed by atoms with Crippen LogP contribution in [-0.2, 0) is 0 Å². The second kappa shape index (κ2) is 5.98. The predicted octanol–water partition coefficient (Wildman–Crippen LogP) is 3.27. The molecule has 0 radical (unpaired) electrons. The van der Waals surface area contributed by atoms with Gasteiger partial charge >= 0.3 is 0 Å². The molecule has 1 unspecified atom stereocenters. The van der Waals surface area contributed by atoms with Gasteiger partial charge in [-0.1, -0.05) is 45.1 Å². The molecular weight excluding hydrogens is 158 g/mol. The summed E-state index contributed by atoms with van der Waals surface area (Å²) in [5, 5.41) is 0. The molecule has 1 heteroatoms. The highest BCUT2D eigenvalue weighted by Crippen LogP contribution is 2.22. The molecule has 0 aliphatic rings. The molecule has 0 saturated carbocycles. The molecule has 13 heavy (non-hydrogen) atoms. The Kier molecular flexibility index (Phi) is 5.72. The van der Waals surface area contributed by atoms with E-state index in [1.807, 2.05) is 19.1 Å². The van der Waals surface area contributed by atoms with Crippen LogP contribution in [0.3, 0.4) is 0 Å². The Morgan fingerprint density at radius 2 is 1.92 bits per heavy atom. The van der Waals surface area contributed by atoms with Gasteiger partial charge in [-0.3, -0.25) is 0 Å². The van der Waals surface area contributed by atoms with Gasteiger partial charge < -0.3 is 5.73 Å². The van der Waals surface area contributed by atoms with Crippen molar-refractivity contribution in [3.05, 3.63) is 24.3 Å². The smallest absolute Gasteiger partial charge is 0.0209 e. The highest BCUT2D eigenvalue weighted by molar-refractivity contribution is 5.04. The third-order valence-electron chi connectivity index (χ3n) is 2.75. The Morgan fingerprint density at radius 3 is 2.31 bits per heavy atom. The van der Waals surface area contributed by atoms with Crippen molar-refractivity contribution in [2.24, 2.45) is 11.7 Å². The second-order valence-electron chi connectivity index (χ2n) is 3.90. The summed E-state index contributed by atoms with van der Waals surface area (Å²) in [5.41, 5.74) is 6.22. The summed E-state index contributed by atoms with van der Waals surface area (Å²) in [7, 11) is 0. The van der Waals surface area contributed by atoms with Crippen LogP contribution in [0.5, 0.6) is 0 Å². The maximum atomic E-state index is 6.25. The van der Waals surface area contributed by atoms with E-state index in [4.69, 9.17) is 5.73 Å². The largest absolute Gasteiger partial charge is 0.325 e. The van der Waals surface area contributed by atoms with Crippen molar-refractivity contribution in [3.63, 3.8) is 0 Å². The third-order valence-corrected chi connectivity index (χ3v) is 2.75. The summed E-state index contributed by atoms with van der Waals surface area (Å²) < 4.78 is 0. The molecule has 0 aliphatic carbocycles. The summed E-state index contributed by atoms with van der Waals surface area (Å²) in [6.07, 6.45) is 10.3. The van der Waals surface area contributed by atoms with Crippen LogP contribution in [0.1, 0.15) is 40.5 Å². The minimum Gasteiger partial charge on any atom is -0.325 e. The minimum absolute atomic E-state index is 0.0297. The van der Waals surface area contributed by atoms with E-state index in [1.54, 1.807) is 0 Å². The summed E-state index contributed by atoms with van der Waals surface area (Å²) in [5.74, 6) is 0.535. The number of allylic oxidation sites excluding steroid dienone is 3. The lowest BCUT2D eigenvalue weighted by Crippen LogP contribution is -2.43. The Morgan fingerprint density at radius 1 is 1.31 bits per heavy atom. The molecule has 0 spiro atoms. The number of nitrogens with two attached hydrogens (primary N) is 1. The van der Waals surface area contributed by atoms with Crippen LogP contribution in [0.4, 0.5) is 0 Å². The molecule has 1 nitrogen and oxygen atoms in total. The first-order chi connectivity index (χ1) is 6.06. The average Bonchev–Trinajstić information content (AvgIpc) is 2.12. The first-order valence-electron chi connectivity index (χ1n) is 5.13. The van der Waals surface area contributed by atoms with Gasteiger partial charge in [0, 0.05) is 5.54 Å². The van der Waals surface area contributed by atoms with E-state index in [-0.39, 0.29) is 5.54 Å². The normalized spacial score (nSPS) is 17.4. The first kappa shape index (κ1) is 12.4. The van der Waals surface area contributed by atoms with Gasteiger partial charge in [-0.25, -0.2) is 0 Å². The van der Waals surface area contributed by atoms with Crippen LogP contribution >= 0.6 is 0 Å². The van der Waals surface area contributed by atoms with Crippen molar-refractivity contribution < 1.29 is 0 Å². The Balaban J connectivity index is 4.12. The second-order valence-corrected chi connectivity index (χ2v) is 3.90. The van der Waals surface area contributed by atoms with Crippen LogP contribution in [0.25, 0.3) is 0 Å².